The Morgan fingerprint density at radius 3 is 2.47 bits per heavy atom. The fourth-order valence-corrected chi connectivity index (χ4v) is 4.54. The summed E-state index contributed by atoms with van der Waals surface area (Å²) in [5.74, 6) is 2.24. The SMILES string of the molecule is C#C.CCCCNc1ncc(-c2ccc(C3CCNCC3)cn2)c(NC2CCCCC2)n1. The Balaban J connectivity index is 0.00000141. The number of aromatic nitrogens is 3. The molecule has 0 unspecified atom stereocenters. The average molecular weight is 435 g/mol. The highest BCUT2D eigenvalue weighted by Crippen LogP contribution is 2.30. The predicted molar refractivity (Wildman–Crippen MR) is 134 cm³/mol. The topological polar surface area (TPSA) is 74.8 Å². The molecule has 172 valence electrons. The van der Waals surface area contributed by atoms with Crippen LogP contribution >= 0.6 is 0 Å². The van der Waals surface area contributed by atoms with E-state index in [4.69, 9.17) is 9.97 Å². The van der Waals surface area contributed by atoms with Crippen molar-refractivity contribution in [1.29, 1.82) is 0 Å². The molecule has 6 nitrogen and oxygen atoms in total. The third-order valence-electron chi connectivity index (χ3n) is 6.42. The largest absolute Gasteiger partial charge is 0.367 e. The van der Waals surface area contributed by atoms with E-state index in [9.17, 15) is 0 Å². The Kier molecular flexibility index (Phi) is 9.77. The van der Waals surface area contributed by atoms with Crippen LogP contribution in [-0.4, -0.2) is 40.6 Å². The van der Waals surface area contributed by atoms with Crippen molar-refractivity contribution in [3.05, 3.63) is 30.1 Å². The van der Waals surface area contributed by atoms with Gasteiger partial charge in [-0.15, -0.1) is 12.8 Å². The molecule has 2 fully saturated rings. The minimum Gasteiger partial charge on any atom is -0.367 e. The summed E-state index contributed by atoms with van der Waals surface area (Å²) in [6, 6.07) is 4.88. The standard InChI is InChI=1S/C24H36N6.C2H2/c1-2-3-13-26-24-28-17-21(23(30-24)29-20-7-5-4-6-8-20)22-10-9-19(16-27-22)18-11-14-25-15-12-18;1-2/h9-10,16-18,20,25H,2-8,11-15H2,1H3,(H2,26,28,29,30);1-2H. The smallest absolute Gasteiger partial charge is 0.224 e. The zero-order valence-electron chi connectivity index (χ0n) is 19.4. The van der Waals surface area contributed by atoms with Crippen LogP contribution < -0.4 is 16.0 Å². The van der Waals surface area contributed by atoms with Crippen LogP contribution in [0.5, 0.6) is 0 Å². The van der Waals surface area contributed by atoms with E-state index in [1.807, 2.05) is 6.20 Å². The molecule has 0 spiro atoms. The van der Waals surface area contributed by atoms with Crippen molar-refractivity contribution >= 4 is 11.8 Å². The van der Waals surface area contributed by atoms with Gasteiger partial charge in [0.05, 0.1) is 11.3 Å². The summed E-state index contributed by atoms with van der Waals surface area (Å²) in [6.45, 7) is 5.30. The number of unbranched alkanes of at least 4 members (excludes halogenated alkanes) is 1. The second-order valence-corrected chi connectivity index (χ2v) is 8.72. The molecule has 32 heavy (non-hydrogen) atoms. The van der Waals surface area contributed by atoms with Crippen molar-refractivity contribution in [2.24, 2.45) is 0 Å². The number of terminal acetylenes is 1. The first-order valence-electron chi connectivity index (χ1n) is 12.2. The third-order valence-corrected chi connectivity index (χ3v) is 6.42. The predicted octanol–water partition coefficient (Wildman–Crippen LogP) is 5.21. The molecule has 2 aliphatic rings. The minimum atomic E-state index is 0.491. The molecule has 0 atom stereocenters. The fourth-order valence-electron chi connectivity index (χ4n) is 4.54. The van der Waals surface area contributed by atoms with Gasteiger partial charge in [0.2, 0.25) is 5.95 Å². The maximum Gasteiger partial charge on any atom is 0.224 e. The van der Waals surface area contributed by atoms with Gasteiger partial charge in [-0.3, -0.25) is 4.98 Å². The lowest BCUT2D eigenvalue weighted by Gasteiger charge is -2.25. The monoisotopic (exact) mass is 434 g/mol. The van der Waals surface area contributed by atoms with Gasteiger partial charge in [0.25, 0.3) is 0 Å². The van der Waals surface area contributed by atoms with Crippen molar-refractivity contribution < 1.29 is 0 Å². The van der Waals surface area contributed by atoms with E-state index >= 15 is 0 Å². The minimum absolute atomic E-state index is 0.491. The zero-order chi connectivity index (χ0) is 22.6. The van der Waals surface area contributed by atoms with Crippen molar-refractivity contribution in [2.75, 3.05) is 30.3 Å². The van der Waals surface area contributed by atoms with E-state index < -0.39 is 0 Å². The molecule has 1 aliphatic heterocycles. The van der Waals surface area contributed by atoms with Gasteiger partial charge in [0.1, 0.15) is 5.82 Å². The number of anilines is 2. The van der Waals surface area contributed by atoms with Crippen molar-refractivity contribution in [1.82, 2.24) is 20.3 Å². The second-order valence-electron chi connectivity index (χ2n) is 8.72. The van der Waals surface area contributed by atoms with Crippen LogP contribution in [0.4, 0.5) is 11.8 Å². The van der Waals surface area contributed by atoms with Gasteiger partial charge in [0, 0.05) is 25.0 Å². The molecule has 3 N–H and O–H groups in total. The Bertz CT molecular complexity index is 820. The van der Waals surface area contributed by atoms with E-state index in [0.29, 0.717) is 17.9 Å². The van der Waals surface area contributed by atoms with Crippen molar-refractivity contribution in [2.45, 2.75) is 76.7 Å². The zero-order valence-corrected chi connectivity index (χ0v) is 19.4. The van der Waals surface area contributed by atoms with Crippen LogP contribution in [-0.2, 0) is 0 Å². The van der Waals surface area contributed by atoms with Crippen LogP contribution in [0.3, 0.4) is 0 Å². The molecule has 1 aliphatic carbocycles. The Hall–Kier alpha value is -2.65. The summed E-state index contributed by atoms with van der Waals surface area (Å²) in [7, 11) is 0. The first-order chi connectivity index (χ1) is 15.8. The molecule has 0 bridgehead atoms. The Morgan fingerprint density at radius 1 is 1.00 bits per heavy atom. The fraction of sp³-hybridized carbons (Fsp3) is 0.577. The maximum atomic E-state index is 4.85. The molecular weight excluding hydrogens is 396 g/mol. The highest BCUT2D eigenvalue weighted by atomic mass is 15.1. The number of piperidine rings is 1. The second kappa shape index (κ2) is 13.0. The van der Waals surface area contributed by atoms with Crippen LogP contribution in [0.2, 0.25) is 0 Å². The highest BCUT2D eigenvalue weighted by molar-refractivity contribution is 5.73. The van der Waals surface area contributed by atoms with E-state index in [-0.39, 0.29) is 0 Å². The first-order valence-corrected chi connectivity index (χ1v) is 12.2. The first kappa shape index (κ1) is 24.0. The van der Waals surface area contributed by atoms with Gasteiger partial charge < -0.3 is 16.0 Å². The normalized spacial score (nSPS) is 17.2. The van der Waals surface area contributed by atoms with Crippen LogP contribution in [0.15, 0.2) is 24.5 Å². The van der Waals surface area contributed by atoms with E-state index in [1.165, 1.54) is 50.5 Å². The van der Waals surface area contributed by atoms with E-state index in [0.717, 1.165) is 49.6 Å². The number of rotatable bonds is 8. The molecule has 0 radical (unpaired) electrons. The lowest BCUT2D eigenvalue weighted by molar-refractivity contribution is 0.459. The molecule has 6 heteroatoms. The number of hydrogen-bond donors (Lipinski definition) is 3. The summed E-state index contributed by atoms with van der Waals surface area (Å²) >= 11 is 0. The number of nitrogens with zero attached hydrogens (tertiary/aromatic N) is 3. The molecule has 3 heterocycles. The lowest BCUT2D eigenvalue weighted by atomic mass is 9.91. The molecule has 4 rings (SSSR count). The lowest BCUT2D eigenvalue weighted by Crippen LogP contribution is -2.26. The van der Waals surface area contributed by atoms with Crippen LogP contribution in [0.25, 0.3) is 11.3 Å². The molecule has 0 amide bonds. The summed E-state index contributed by atoms with van der Waals surface area (Å²) in [4.78, 5) is 14.3. The van der Waals surface area contributed by atoms with Gasteiger partial charge in [-0.05, 0) is 62.7 Å². The van der Waals surface area contributed by atoms with Crippen molar-refractivity contribution in [3.63, 3.8) is 0 Å². The number of pyridine rings is 1. The summed E-state index contributed by atoms with van der Waals surface area (Å²) < 4.78 is 0. The van der Waals surface area contributed by atoms with Gasteiger partial charge >= 0.3 is 0 Å². The Morgan fingerprint density at radius 2 is 1.78 bits per heavy atom. The van der Waals surface area contributed by atoms with Crippen molar-refractivity contribution in [3.8, 4) is 24.1 Å². The van der Waals surface area contributed by atoms with Crippen LogP contribution in [0, 0.1) is 12.8 Å². The average Bonchev–Trinajstić information content (AvgIpc) is 2.87. The van der Waals surface area contributed by atoms with Gasteiger partial charge in [-0.25, -0.2) is 4.98 Å². The quantitative estimate of drug-likeness (QED) is 0.391. The summed E-state index contributed by atoms with van der Waals surface area (Å²) in [6.07, 6.45) is 23.0. The molecule has 1 saturated heterocycles. The van der Waals surface area contributed by atoms with E-state index in [2.05, 4.69) is 59.0 Å². The highest BCUT2D eigenvalue weighted by Gasteiger charge is 2.19. The summed E-state index contributed by atoms with van der Waals surface area (Å²) in [5.41, 5.74) is 3.30. The van der Waals surface area contributed by atoms with E-state index in [1.54, 1.807) is 0 Å². The van der Waals surface area contributed by atoms with Gasteiger partial charge in [0.15, 0.2) is 0 Å². The third kappa shape index (κ3) is 6.67. The maximum absolute atomic E-state index is 4.85. The number of nitrogens with one attached hydrogen (secondary N) is 3. The number of hydrogen-bond acceptors (Lipinski definition) is 6. The Labute approximate surface area is 193 Å². The summed E-state index contributed by atoms with van der Waals surface area (Å²) in [5, 5.41) is 10.5. The molecule has 1 saturated carbocycles. The molecule has 0 aromatic carbocycles. The van der Waals surface area contributed by atoms with Crippen LogP contribution in [0.1, 0.15) is 76.2 Å². The molecular formula is C26H38N6. The molecule has 2 aromatic rings. The van der Waals surface area contributed by atoms with Gasteiger partial charge in [-0.2, -0.15) is 4.98 Å². The molecule has 2 aromatic heterocycles. The van der Waals surface area contributed by atoms with Gasteiger partial charge in [-0.1, -0.05) is 38.7 Å².